The first-order valence-corrected chi connectivity index (χ1v) is 9.80. The lowest BCUT2D eigenvalue weighted by Gasteiger charge is -2.20. The Morgan fingerprint density at radius 1 is 1.36 bits per heavy atom. The van der Waals surface area contributed by atoms with Crippen LogP contribution in [0.1, 0.15) is 44.5 Å². The molecule has 2 aromatic rings. The van der Waals surface area contributed by atoms with Crippen molar-refractivity contribution >= 4 is 5.57 Å². The number of benzene rings is 1. The summed E-state index contributed by atoms with van der Waals surface area (Å²) in [5, 5.41) is 17.1. The number of hydrogen-bond acceptors (Lipinski definition) is 6. The van der Waals surface area contributed by atoms with Crippen molar-refractivity contribution in [1.29, 1.82) is 5.26 Å². The van der Waals surface area contributed by atoms with Crippen LogP contribution in [0.3, 0.4) is 0 Å². The fraction of sp³-hybridized carbons (Fsp3) is 0.409. The molecule has 1 saturated heterocycles. The largest absolute Gasteiger partial charge is 0.490 e. The molecule has 1 N–H and O–H groups in total. The zero-order valence-corrected chi connectivity index (χ0v) is 16.2. The zero-order chi connectivity index (χ0) is 19.5. The van der Waals surface area contributed by atoms with Gasteiger partial charge < -0.3 is 14.6 Å². The summed E-state index contributed by atoms with van der Waals surface area (Å²) < 4.78 is 11.2. The summed E-state index contributed by atoms with van der Waals surface area (Å²) in [5.41, 5.74) is 3.66. The second-order valence-corrected chi connectivity index (χ2v) is 7.53. The zero-order valence-electron chi connectivity index (χ0n) is 16.2. The van der Waals surface area contributed by atoms with E-state index in [1.807, 2.05) is 19.9 Å². The Kier molecular flexibility index (Phi) is 5.27. The van der Waals surface area contributed by atoms with Gasteiger partial charge in [-0.25, -0.2) is 0 Å². The number of nitrogens with one attached hydrogen (secondary N) is 1. The first-order valence-electron chi connectivity index (χ1n) is 9.80. The fourth-order valence-electron chi connectivity index (χ4n) is 3.70. The lowest BCUT2D eigenvalue weighted by Crippen LogP contribution is -2.22. The van der Waals surface area contributed by atoms with Gasteiger partial charge >= 0.3 is 0 Å². The molecule has 4 rings (SSSR count). The van der Waals surface area contributed by atoms with Gasteiger partial charge in [0.1, 0.15) is 11.8 Å². The highest BCUT2D eigenvalue weighted by Crippen LogP contribution is 2.33. The minimum Gasteiger partial charge on any atom is -0.490 e. The van der Waals surface area contributed by atoms with Gasteiger partial charge in [-0.3, -0.25) is 0 Å². The van der Waals surface area contributed by atoms with Crippen molar-refractivity contribution in [2.24, 2.45) is 5.92 Å². The number of fused-ring (bicyclic) bond motifs is 1. The molecule has 0 radical (unpaired) electrons. The Morgan fingerprint density at radius 3 is 3.07 bits per heavy atom. The molecule has 1 atom stereocenters. The molecule has 0 spiro atoms. The van der Waals surface area contributed by atoms with Crippen molar-refractivity contribution in [1.82, 2.24) is 15.5 Å². The number of allylic oxidation sites excluding steroid dienone is 3. The van der Waals surface area contributed by atoms with Crippen LogP contribution in [0.4, 0.5) is 0 Å². The Bertz CT molecular complexity index is 965. The molecule has 0 amide bonds. The van der Waals surface area contributed by atoms with Crippen LogP contribution in [0.25, 0.3) is 17.0 Å². The molecule has 0 bridgehead atoms. The van der Waals surface area contributed by atoms with Crippen molar-refractivity contribution in [2.75, 3.05) is 13.1 Å². The summed E-state index contributed by atoms with van der Waals surface area (Å²) in [5.74, 6) is 2.14. The van der Waals surface area contributed by atoms with E-state index < -0.39 is 0 Å². The van der Waals surface area contributed by atoms with Gasteiger partial charge in [0.05, 0.1) is 11.7 Å². The summed E-state index contributed by atoms with van der Waals surface area (Å²) >= 11 is 0. The molecule has 1 aromatic carbocycles. The third kappa shape index (κ3) is 3.85. The third-order valence-electron chi connectivity index (χ3n) is 5.09. The van der Waals surface area contributed by atoms with Crippen molar-refractivity contribution in [3.8, 4) is 23.3 Å². The number of aromatic nitrogens is 2. The first-order chi connectivity index (χ1) is 13.6. The van der Waals surface area contributed by atoms with Crippen LogP contribution in [0.5, 0.6) is 5.75 Å². The number of nitrogens with zero attached hydrogens (tertiary/aromatic N) is 3. The van der Waals surface area contributed by atoms with E-state index in [-0.39, 0.29) is 6.10 Å². The number of nitriles is 1. The maximum Gasteiger partial charge on any atom is 0.258 e. The number of rotatable bonds is 4. The fourth-order valence-corrected chi connectivity index (χ4v) is 3.70. The molecule has 28 heavy (non-hydrogen) atoms. The maximum absolute atomic E-state index is 9.43. The van der Waals surface area contributed by atoms with Crippen LogP contribution in [-0.4, -0.2) is 29.3 Å². The second-order valence-electron chi connectivity index (χ2n) is 7.53. The molecule has 144 valence electrons. The molecular formula is C22H24N4O2. The average Bonchev–Trinajstić information content (AvgIpc) is 3.07. The van der Waals surface area contributed by atoms with E-state index in [0.717, 1.165) is 37.9 Å². The molecule has 1 aromatic heterocycles. The summed E-state index contributed by atoms with van der Waals surface area (Å²) in [7, 11) is 0. The molecule has 6 nitrogen and oxygen atoms in total. The number of ether oxygens (including phenoxy) is 1. The molecule has 1 aliphatic carbocycles. The average molecular weight is 376 g/mol. The van der Waals surface area contributed by atoms with E-state index in [9.17, 15) is 5.26 Å². The highest BCUT2D eigenvalue weighted by atomic mass is 16.5. The molecular weight excluding hydrogens is 352 g/mol. The van der Waals surface area contributed by atoms with Crippen LogP contribution >= 0.6 is 0 Å². The van der Waals surface area contributed by atoms with E-state index in [0.29, 0.717) is 34.5 Å². The van der Waals surface area contributed by atoms with Crippen LogP contribution in [0.2, 0.25) is 0 Å². The quantitative estimate of drug-likeness (QED) is 0.864. The van der Waals surface area contributed by atoms with E-state index >= 15 is 0 Å². The van der Waals surface area contributed by atoms with Gasteiger partial charge in [0.15, 0.2) is 0 Å². The summed E-state index contributed by atoms with van der Waals surface area (Å²) in [6, 6.07) is 7.53. The minimum atomic E-state index is 0.00208. The smallest absolute Gasteiger partial charge is 0.258 e. The lowest BCUT2D eigenvalue weighted by molar-refractivity contribution is 0.242. The molecule has 1 unspecified atom stereocenters. The topological polar surface area (TPSA) is 84.0 Å². The molecule has 0 saturated carbocycles. The van der Waals surface area contributed by atoms with Gasteiger partial charge in [-0.05, 0) is 63.8 Å². The van der Waals surface area contributed by atoms with Gasteiger partial charge in [-0.15, -0.1) is 0 Å². The molecule has 2 heterocycles. The standard InChI is InChI=1S/C22H24N4O2/c1-14(2)27-20-8-7-17(11-19(20)12-23)22-25-21(26-28-22)16-5-6-18-13-24-9-3-4-15(18)10-16/h5,7-8,10-11,14,18,24H,3-4,6,9,13H2,1-2H3. The predicted molar refractivity (Wildman–Crippen MR) is 106 cm³/mol. The van der Waals surface area contributed by atoms with E-state index in [1.54, 1.807) is 12.1 Å². The minimum absolute atomic E-state index is 0.00208. The van der Waals surface area contributed by atoms with Crippen molar-refractivity contribution in [2.45, 2.75) is 39.2 Å². The Morgan fingerprint density at radius 2 is 2.25 bits per heavy atom. The lowest BCUT2D eigenvalue weighted by atomic mass is 9.86. The van der Waals surface area contributed by atoms with Crippen LogP contribution in [0.15, 0.2) is 40.4 Å². The third-order valence-corrected chi connectivity index (χ3v) is 5.09. The van der Waals surface area contributed by atoms with E-state index in [4.69, 9.17) is 9.26 Å². The highest BCUT2D eigenvalue weighted by molar-refractivity contribution is 5.73. The first kappa shape index (κ1) is 18.5. The SMILES string of the molecule is CC(C)Oc1ccc(-c2nc(C3=CCC4CNCCCC4=C3)no2)cc1C#N. The summed E-state index contributed by atoms with van der Waals surface area (Å²) in [6.45, 7) is 5.98. The second kappa shape index (κ2) is 7.99. The van der Waals surface area contributed by atoms with Gasteiger partial charge in [0, 0.05) is 17.7 Å². The van der Waals surface area contributed by atoms with Gasteiger partial charge in [-0.1, -0.05) is 22.9 Å². The predicted octanol–water partition coefficient (Wildman–Crippen LogP) is 4.11. The normalized spacial score (nSPS) is 19.3. The van der Waals surface area contributed by atoms with Crippen LogP contribution in [-0.2, 0) is 0 Å². The van der Waals surface area contributed by atoms with Crippen molar-refractivity contribution in [3.63, 3.8) is 0 Å². The summed E-state index contributed by atoms with van der Waals surface area (Å²) in [4.78, 5) is 4.57. The van der Waals surface area contributed by atoms with Gasteiger partial charge in [-0.2, -0.15) is 10.2 Å². The Hall–Kier alpha value is -2.91. The van der Waals surface area contributed by atoms with Crippen LogP contribution in [0, 0.1) is 17.2 Å². The maximum atomic E-state index is 9.43. The van der Waals surface area contributed by atoms with E-state index in [1.165, 1.54) is 5.57 Å². The van der Waals surface area contributed by atoms with Gasteiger partial charge in [0.25, 0.3) is 5.89 Å². The van der Waals surface area contributed by atoms with Crippen LogP contribution < -0.4 is 10.1 Å². The van der Waals surface area contributed by atoms with Crippen molar-refractivity contribution in [3.05, 3.63) is 47.3 Å². The Balaban J connectivity index is 1.58. The van der Waals surface area contributed by atoms with E-state index in [2.05, 4.69) is 33.7 Å². The monoisotopic (exact) mass is 376 g/mol. The molecule has 6 heteroatoms. The summed E-state index contributed by atoms with van der Waals surface area (Å²) in [6.07, 6.45) is 7.68. The molecule has 1 fully saturated rings. The molecule has 1 aliphatic heterocycles. The Labute approximate surface area is 164 Å². The van der Waals surface area contributed by atoms with Crippen molar-refractivity contribution < 1.29 is 9.26 Å². The highest BCUT2D eigenvalue weighted by Gasteiger charge is 2.22. The molecule has 2 aliphatic rings. The van der Waals surface area contributed by atoms with Gasteiger partial charge in [0.2, 0.25) is 5.82 Å². The number of hydrogen-bond donors (Lipinski definition) is 1.